The molecule has 0 aliphatic rings. The number of aliphatic hydroxyl groups is 1. The molecular formula is C31H27ClN8O4. The maximum absolute atomic E-state index is 13.2. The van der Waals surface area contributed by atoms with Crippen molar-refractivity contribution in [2.45, 2.75) is 12.5 Å². The van der Waals surface area contributed by atoms with Gasteiger partial charge in [-0.2, -0.15) is 14.9 Å². The first-order chi connectivity index (χ1) is 21.5. The first-order valence-corrected chi connectivity index (χ1v) is 13.9. The lowest BCUT2D eigenvalue weighted by Crippen LogP contribution is -2.29. The van der Waals surface area contributed by atoms with E-state index in [0.717, 1.165) is 16.7 Å². The van der Waals surface area contributed by atoms with Crippen LogP contribution < -0.4 is 10.6 Å². The molecule has 44 heavy (non-hydrogen) atoms. The third-order valence-corrected chi connectivity index (χ3v) is 6.65. The van der Waals surface area contributed by atoms with Crippen LogP contribution in [0.4, 0.5) is 10.5 Å². The lowest BCUT2D eigenvalue weighted by molar-refractivity contribution is -0.117. The van der Waals surface area contributed by atoms with Crippen molar-refractivity contribution in [3.8, 4) is 16.8 Å². The summed E-state index contributed by atoms with van der Waals surface area (Å²) in [5.41, 5.74) is 5.02. The van der Waals surface area contributed by atoms with Crippen LogP contribution in [0.3, 0.4) is 0 Å². The normalized spacial score (nSPS) is 11.7. The van der Waals surface area contributed by atoms with Crippen LogP contribution in [0.2, 0.25) is 5.02 Å². The Balaban J connectivity index is 1.36. The highest BCUT2D eigenvalue weighted by Gasteiger charge is 2.18. The van der Waals surface area contributed by atoms with E-state index in [0.29, 0.717) is 34.1 Å². The molecule has 13 heteroatoms. The fourth-order valence-electron chi connectivity index (χ4n) is 4.35. The molecule has 0 saturated carbocycles. The SMILES string of the molecule is O=C(C=Cc1cc(Cl)ccc1-n1cnnn1)NC(Cc1ccccc1)c1cc(-c2ccc(NC(=O)OCCO)cc2)cnn1. The minimum atomic E-state index is -0.657. The number of carbonyl (C=O) groups excluding carboxylic acids is 2. The zero-order valence-electron chi connectivity index (χ0n) is 23.2. The molecule has 0 saturated heterocycles. The molecule has 2 aromatic heterocycles. The van der Waals surface area contributed by atoms with Crippen molar-refractivity contribution in [3.05, 3.63) is 119 Å². The summed E-state index contributed by atoms with van der Waals surface area (Å²) >= 11 is 6.22. The Labute approximate surface area is 257 Å². The van der Waals surface area contributed by atoms with E-state index in [1.54, 1.807) is 42.6 Å². The number of nitrogens with one attached hydrogen (secondary N) is 2. The predicted molar refractivity (Wildman–Crippen MR) is 164 cm³/mol. The topological polar surface area (TPSA) is 157 Å². The molecule has 0 aliphatic heterocycles. The Kier molecular flexibility index (Phi) is 9.98. The van der Waals surface area contributed by atoms with Crippen LogP contribution in [0, 0.1) is 0 Å². The van der Waals surface area contributed by atoms with E-state index < -0.39 is 12.1 Å². The van der Waals surface area contributed by atoms with Gasteiger partial charge in [-0.05, 0) is 70.4 Å². The van der Waals surface area contributed by atoms with Gasteiger partial charge in [0.05, 0.1) is 30.2 Å². The van der Waals surface area contributed by atoms with Crippen LogP contribution in [0.1, 0.15) is 22.9 Å². The monoisotopic (exact) mass is 610 g/mol. The van der Waals surface area contributed by atoms with E-state index in [-0.39, 0.29) is 19.1 Å². The zero-order chi connectivity index (χ0) is 30.7. The lowest BCUT2D eigenvalue weighted by Gasteiger charge is -2.18. The van der Waals surface area contributed by atoms with E-state index in [2.05, 4.69) is 36.4 Å². The lowest BCUT2D eigenvalue weighted by atomic mass is 10.00. The van der Waals surface area contributed by atoms with Gasteiger partial charge in [-0.15, -0.1) is 5.10 Å². The smallest absolute Gasteiger partial charge is 0.411 e. The fourth-order valence-corrected chi connectivity index (χ4v) is 4.53. The second-order valence-corrected chi connectivity index (χ2v) is 9.91. The first-order valence-electron chi connectivity index (χ1n) is 13.5. The molecule has 0 bridgehead atoms. The molecule has 222 valence electrons. The largest absolute Gasteiger partial charge is 0.447 e. The van der Waals surface area contributed by atoms with Crippen molar-refractivity contribution in [2.24, 2.45) is 0 Å². The molecular weight excluding hydrogens is 584 g/mol. The summed E-state index contributed by atoms with van der Waals surface area (Å²) in [6.07, 6.45) is 5.98. The van der Waals surface area contributed by atoms with Gasteiger partial charge in [0, 0.05) is 27.9 Å². The van der Waals surface area contributed by atoms with Crippen LogP contribution in [-0.2, 0) is 16.0 Å². The Morgan fingerprint density at radius 3 is 2.57 bits per heavy atom. The number of nitrogens with zero attached hydrogens (tertiary/aromatic N) is 6. The van der Waals surface area contributed by atoms with Gasteiger partial charge in [-0.3, -0.25) is 10.1 Å². The van der Waals surface area contributed by atoms with Crippen molar-refractivity contribution in [1.29, 1.82) is 0 Å². The van der Waals surface area contributed by atoms with Crippen LogP contribution in [0.25, 0.3) is 22.9 Å². The molecule has 5 aromatic rings. The molecule has 2 heterocycles. The number of tetrazole rings is 1. The molecule has 0 fully saturated rings. The molecule has 5 rings (SSSR count). The Bertz CT molecular complexity index is 1730. The van der Waals surface area contributed by atoms with Gasteiger partial charge in [0.1, 0.15) is 12.9 Å². The quantitative estimate of drug-likeness (QED) is 0.184. The molecule has 2 amide bonds. The number of hydrogen-bond acceptors (Lipinski definition) is 9. The van der Waals surface area contributed by atoms with Gasteiger partial charge in [-0.25, -0.2) is 4.79 Å². The van der Waals surface area contributed by atoms with E-state index in [1.165, 1.54) is 17.1 Å². The Hall–Kier alpha value is -5.46. The van der Waals surface area contributed by atoms with Gasteiger partial charge in [0.15, 0.2) is 0 Å². The summed E-state index contributed by atoms with van der Waals surface area (Å²) in [6, 6.07) is 23.4. The van der Waals surface area contributed by atoms with Gasteiger partial charge in [0.2, 0.25) is 5.91 Å². The third kappa shape index (κ3) is 8.09. The number of aromatic nitrogens is 6. The average molecular weight is 611 g/mol. The highest BCUT2D eigenvalue weighted by Crippen LogP contribution is 2.25. The molecule has 0 spiro atoms. The minimum absolute atomic E-state index is 0.0891. The van der Waals surface area contributed by atoms with Crippen molar-refractivity contribution in [2.75, 3.05) is 18.5 Å². The highest BCUT2D eigenvalue weighted by atomic mass is 35.5. The number of hydrogen-bond donors (Lipinski definition) is 3. The van der Waals surface area contributed by atoms with Gasteiger partial charge in [-0.1, -0.05) is 54.1 Å². The zero-order valence-corrected chi connectivity index (χ0v) is 24.0. The average Bonchev–Trinajstić information content (AvgIpc) is 3.58. The molecule has 0 aliphatic carbocycles. The number of halogens is 1. The van der Waals surface area contributed by atoms with Gasteiger partial charge in [0.25, 0.3) is 0 Å². The van der Waals surface area contributed by atoms with Crippen LogP contribution in [0.5, 0.6) is 0 Å². The summed E-state index contributed by atoms with van der Waals surface area (Å²) in [7, 11) is 0. The molecule has 12 nitrogen and oxygen atoms in total. The molecule has 3 N–H and O–H groups in total. The molecule has 0 radical (unpaired) electrons. The molecule has 3 aromatic carbocycles. The van der Waals surface area contributed by atoms with E-state index in [1.807, 2.05) is 48.5 Å². The Morgan fingerprint density at radius 1 is 1.00 bits per heavy atom. The van der Waals surface area contributed by atoms with Crippen molar-refractivity contribution < 1.29 is 19.4 Å². The third-order valence-electron chi connectivity index (χ3n) is 6.42. The summed E-state index contributed by atoms with van der Waals surface area (Å²) in [5, 5.41) is 34.8. The van der Waals surface area contributed by atoms with Crippen molar-refractivity contribution in [3.63, 3.8) is 0 Å². The van der Waals surface area contributed by atoms with Crippen LogP contribution in [0.15, 0.2) is 97.5 Å². The van der Waals surface area contributed by atoms with Gasteiger partial charge >= 0.3 is 6.09 Å². The number of ether oxygens (including phenoxy) is 1. The second kappa shape index (κ2) is 14.6. The number of benzene rings is 3. The van der Waals surface area contributed by atoms with Crippen molar-refractivity contribution >= 4 is 35.4 Å². The van der Waals surface area contributed by atoms with Crippen LogP contribution in [-0.4, -0.2) is 60.7 Å². The van der Waals surface area contributed by atoms with Crippen molar-refractivity contribution in [1.82, 2.24) is 35.7 Å². The Morgan fingerprint density at radius 2 is 1.82 bits per heavy atom. The summed E-state index contributed by atoms with van der Waals surface area (Å²) in [5.74, 6) is -0.343. The van der Waals surface area contributed by atoms with Gasteiger partial charge < -0.3 is 15.2 Å². The number of amides is 2. The second-order valence-electron chi connectivity index (χ2n) is 9.47. The number of anilines is 1. The summed E-state index contributed by atoms with van der Waals surface area (Å²) in [4.78, 5) is 25.0. The first kappa shape index (κ1) is 30.0. The van der Waals surface area contributed by atoms with E-state index in [4.69, 9.17) is 21.4 Å². The maximum atomic E-state index is 13.2. The standard InChI is InChI=1S/C31H27ClN8O4/c32-25-9-12-29(40-20-34-38-39-40)23(17-25)8-13-30(42)36-27(16-21-4-2-1-3-5-21)28-18-24(19-33-37-28)22-6-10-26(11-7-22)35-31(43)44-15-14-41/h1-13,17-20,27,41H,14-16H2,(H,35,43)(H,36,42). The number of rotatable bonds is 11. The maximum Gasteiger partial charge on any atom is 0.411 e. The van der Waals surface area contributed by atoms with E-state index in [9.17, 15) is 9.59 Å². The summed E-state index contributed by atoms with van der Waals surface area (Å²) < 4.78 is 6.32. The number of carbonyl (C=O) groups is 2. The van der Waals surface area contributed by atoms with E-state index >= 15 is 0 Å². The van der Waals surface area contributed by atoms with Crippen LogP contribution >= 0.6 is 11.6 Å². The minimum Gasteiger partial charge on any atom is -0.447 e. The molecule has 1 atom stereocenters. The molecule has 1 unspecified atom stereocenters. The summed E-state index contributed by atoms with van der Waals surface area (Å²) in [6.45, 7) is -0.343. The fraction of sp³-hybridized carbons (Fsp3) is 0.129. The number of aliphatic hydroxyl groups excluding tert-OH is 1. The predicted octanol–water partition coefficient (Wildman–Crippen LogP) is 4.43. The highest BCUT2D eigenvalue weighted by molar-refractivity contribution is 6.30.